The molecule has 0 radical (unpaired) electrons. The molecule has 1 fully saturated rings. The van der Waals surface area contributed by atoms with Crippen LogP contribution in [0.1, 0.15) is 60.3 Å². The SMILES string of the molecule is CC(C)(C)SCCNC(=O)C(C)(C)S(=O)(=O)C1CCCC1. The molecule has 0 unspecified atom stereocenters. The van der Waals surface area contributed by atoms with Crippen LogP contribution in [-0.2, 0) is 14.6 Å². The second kappa shape index (κ2) is 6.90. The molecule has 0 heterocycles. The van der Waals surface area contributed by atoms with Crippen LogP contribution in [0.5, 0.6) is 0 Å². The molecule has 0 aromatic carbocycles. The average Bonchev–Trinajstić information content (AvgIpc) is 2.87. The third-order valence-corrected chi connectivity index (χ3v) is 8.15. The largest absolute Gasteiger partial charge is 0.354 e. The Bertz CT molecular complexity index is 458. The fourth-order valence-electron chi connectivity index (χ4n) is 2.48. The molecule has 0 bridgehead atoms. The first-order valence-corrected chi connectivity index (χ1v) is 10.2. The van der Waals surface area contributed by atoms with E-state index in [1.54, 1.807) is 11.8 Å². The maximum atomic E-state index is 12.6. The minimum atomic E-state index is -3.42. The van der Waals surface area contributed by atoms with Crippen molar-refractivity contribution in [2.75, 3.05) is 12.3 Å². The topological polar surface area (TPSA) is 63.2 Å². The Labute approximate surface area is 133 Å². The Morgan fingerprint density at radius 2 is 1.67 bits per heavy atom. The van der Waals surface area contributed by atoms with Gasteiger partial charge in [0.25, 0.3) is 0 Å². The first-order valence-electron chi connectivity index (χ1n) is 7.64. The lowest BCUT2D eigenvalue weighted by atomic mass is 10.2. The summed E-state index contributed by atoms with van der Waals surface area (Å²) in [5, 5.41) is 2.44. The normalized spacial score (nSPS) is 18.0. The van der Waals surface area contributed by atoms with Crippen molar-refractivity contribution in [3.05, 3.63) is 0 Å². The van der Waals surface area contributed by atoms with Gasteiger partial charge in [-0.3, -0.25) is 4.79 Å². The molecule has 6 heteroatoms. The second-order valence-corrected chi connectivity index (χ2v) is 11.9. The van der Waals surface area contributed by atoms with Crippen LogP contribution >= 0.6 is 11.8 Å². The zero-order chi connectivity index (χ0) is 16.3. The van der Waals surface area contributed by atoms with E-state index >= 15 is 0 Å². The van der Waals surface area contributed by atoms with Crippen LogP contribution in [0.2, 0.25) is 0 Å². The summed E-state index contributed by atoms with van der Waals surface area (Å²) in [7, 11) is -3.42. The third-order valence-electron chi connectivity index (χ3n) is 3.92. The standard InChI is InChI=1S/C15H29NO3S2/c1-14(2,3)20-11-10-16-13(17)15(4,5)21(18,19)12-8-6-7-9-12/h12H,6-11H2,1-5H3,(H,16,17). The van der Waals surface area contributed by atoms with Crippen LogP contribution in [0.4, 0.5) is 0 Å². The summed E-state index contributed by atoms with van der Waals surface area (Å²) in [5.74, 6) is 0.415. The van der Waals surface area contributed by atoms with E-state index in [0.717, 1.165) is 18.6 Å². The van der Waals surface area contributed by atoms with Crippen LogP contribution in [0.3, 0.4) is 0 Å². The van der Waals surface area contributed by atoms with Gasteiger partial charge in [-0.2, -0.15) is 11.8 Å². The average molecular weight is 336 g/mol. The van der Waals surface area contributed by atoms with Crippen molar-refractivity contribution in [2.24, 2.45) is 0 Å². The van der Waals surface area contributed by atoms with Crippen LogP contribution in [-0.4, -0.2) is 41.4 Å². The van der Waals surface area contributed by atoms with Crippen molar-refractivity contribution in [3.8, 4) is 0 Å². The summed E-state index contributed by atoms with van der Waals surface area (Å²) >= 11 is 1.75. The summed E-state index contributed by atoms with van der Waals surface area (Å²) in [6.45, 7) is 9.93. The molecule has 0 aromatic heterocycles. The fourth-order valence-corrected chi connectivity index (χ4v) is 5.41. The molecule has 1 N–H and O–H groups in total. The number of sulfone groups is 1. The summed E-state index contributed by atoms with van der Waals surface area (Å²) in [6, 6.07) is 0. The molecule has 0 saturated heterocycles. The van der Waals surface area contributed by atoms with Crippen molar-refractivity contribution >= 4 is 27.5 Å². The van der Waals surface area contributed by atoms with Gasteiger partial charge in [-0.1, -0.05) is 33.6 Å². The fraction of sp³-hybridized carbons (Fsp3) is 0.933. The molecular formula is C15H29NO3S2. The molecule has 0 atom stereocenters. The van der Waals surface area contributed by atoms with Crippen LogP contribution < -0.4 is 5.32 Å². The highest BCUT2D eigenvalue weighted by molar-refractivity contribution is 8.00. The summed E-state index contributed by atoms with van der Waals surface area (Å²) in [5.41, 5.74) is 0. The highest BCUT2D eigenvalue weighted by Crippen LogP contribution is 2.32. The minimum absolute atomic E-state index is 0.149. The van der Waals surface area contributed by atoms with E-state index in [9.17, 15) is 13.2 Å². The zero-order valence-corrected chi connectivity index (χ0v) is 15.5. The predicted octanol–water partition coefficient (Wildman–Crippen LogP) is 2.77. The zero-order valence-electron chi connectivity index (χ0n) is 13.9. The molecule has 1 amide bonds. The summed E-state index contributed by atoms with van der Waals surface area (Å²) in [6.07, 6.45) is 3.28. The van der Waals surface area contributed by atoms with Gasteiger partial charge >= 0.3 is 0 Å². The van der Waals surface area contributed by atoms with Gasteiger partial charge in [0.1, 0.15) is 4.75 Å². The number of amides is 1. The van der Waals surface area contributed by atoms with Crippen molar-refractivity contribution in [3.63, 3.8) is 0 Å². The van der Waals surface area contributed by atoms with Crippen LogP contribution in [0, 0.1) is 0 Å². The lowest BCUT2D eigenvalue weighted by Gasteiger charge is -2.27. The molecule has 1 aliphatic rings. The minimum Gasteiger partial charge on any atom is -0.354 e. The molecule has 124 valence electrons. The molecule has 0 spiro atoms. The number of carbonyl (C=O) groups excluding carboxylic acids is 1. The summed E-state index contributed by atoms with van der Waals surface area (Å²) in [4.78, 5) is 12.3. The van der Waals surface area contributed by atoms with Gasteiger partial charge in [-0.05, 0) is 26.7 Å². The number of nitrogens with one attached hydrogen (secondary N) is 1. The Balaban J connectivity index is 2.58. The maximum Gasteiger partial charge on any atom is 0.240 e. The van der Waals surface area contributed by atoms with Gasteiger partial charge in [0.15, 0.2) is 9.84 Å². The number of hydrogen-bond acceptors (Lipinski definition) is 4. The molecular weight excluding hydrogens is 306 g/mol. The Hall–Kier alpha value is -0.230. The molecule has 1 rings (SSSR count). The molecule has 1 saturated carbocycles. The Kier molecular flexibility index (Phi) is 6.18. The lowest BCUT2D eigenvalue weighted by Crippen LogP contribution is -2.51. The smallest absolute Gasteiger partial charge is 0.240 e. The molecule has 21 heavy (non-hydrogen) atoms. The molecule has 1 aliphatic carbocycles. The van der Waals surface area contributed by atoms with Gasteiger partial charge in [-0.15, -0.1) is 0 Å². The Morgan fingerprint density at radius 3 is 2.14 bits per heavy atom. The van der Waals surface area contributed by atoms with Crippen LogP contribution in [0.25, 0.3) is 0 Å². The van der Waals surface area contributed by atoms with Crippen molar-refractivity contribution in [1.82, 2.24) is 5.32 Å². The third kappa shape index (κ3) is 4.88. The van der Waals surface area contributed by atoms with E-state index in [-0.39, 0.29) is 15.9 Å². The van der Waals surface area contributed by atoms with Gasteiger partial charge in [0.05, 0.1) is 5.25 Å². The van der Waals surface area contributed by atoms with Crippen molar-refractivity contribution < 1.29 is 13.2 Å². The van der Waals surface area contributed by atoms with Gasteiger partial charge in [0, 0.05) is 17.0 Å². The number of hydrogen-bond donors (Lipinski definition) is 1. The van der Waals surface area contributed by atoms with Gasteiger partial charge in [0.2, 0.25) is 5.91 Å². The van der Waals surface area contributed by atoms with Crippen LogP contribution in [0.15, 0.2) is 0 Å². The molecule has 4 nitrogen and oxygen atoms in total. The monoisotopic (exact) mass is 335 g/mol. The lowest BCUT2D eigenvalue weighted by molar-refractivity contribution is -0.122. The number of carbonyl (C=O) groups is 1. The first kappa shape index (κ1) is 18.8. The van der Waals surface area contributed by atoms with E-state index in [0.29, 0.717) is 19.4 Å². The number of rotatable bonds is 6. The van der Waals surface area contributed by atoms with E-state index in [1.807, 2.05) is 0 Å². The van der Waals surface area contributed by atoms with E-state index < -0.39 is 14.6 Å². The molecule has 0 aliphatic heterocycles. The summed E-state index contributed by atoms with van der Waals surface area (Å²) < 4.78 is 24.1. The van der Waals surface area contributed by atoms with Crippen molar-refractivity contribution in [2.45, 2.75) is 75.0 Å². The van der Waals surface area contributed by atoms with E-state index in [4.69, 9.17) is 0 Å². The highest BCUT2D eigenvalue weighted by atomic mass is 32.2. The second-order valence-electron chi connectivity index (χ2n) is 7.18. The number of thioether (sulfide) groups is 1. The predicted molar refractivity (Wildman–Crippen MR) is 90.5 cm³/mol. The maximum absolute atomic E-state index is 12.6. The van der Waals surface area contributed by atoms with Crippen molar-refractivity contribution in [1.29, 1.82) is 0 Å². The Morgan fingerprint density at radius 1 is 1.14 bits per heavy atom. The van der Waals surface area contributed by atoms with Gasteiger partial charge < -0.3 is 5.32 Å². The van der Waals surface area contributed by atoms with Gasteiger partial charge in [-0.25, -0.2) is 8.42 Å². The van der Waals surface area contributed by atoms with E-state index in [1.165, 1.54) is 13.8 Å². The molecule has 0 aromatic rings. The first-order chi connectivity index (χ1) is 9.48. The van der Waals surface area contributed by atoms with E-state index in [2.05, 4.69) is 26.1 Å². The quantitative estimate of drug-likeness (QED) is 0.758. The highest BCUT2D eigenvalue weighted by Gasteiger charge is 2.46.